The van der Waals surface area contributed by atoms with Gasteiger partial charge in [0.1, 0.15) is 18.1 Å². The number of hydrogen-bond donors (Lipinski definition) is 7. The van der Waals surface area contributed by atoms with Crippen LogP contribution in [0, 0.1) is 0 Å². The van der Waals surface area contributed by atoms with Gasteiger partial charge in [-0.2, -0.15) is 24.4 Å². The predicted octanol–water partition coefficient (Wildman–Crippen LogP) is -2.45. The number of rotatable bonds is 12. The molecule has 10 nitrogen and oxygen atoms in total. The zero-order valence-corrected chi connectivity index (χ0v) is 16.3. The van der Waals surface area contributed by atoms with E-state index in [2.05, 4.69) is 28.6 Å². The SMILES string of the molecule is CSCCC(NC(=O)C(C)N)C(=O)NC(CO)C(=O)NC(CS)C(=O)O. The molecule has 0 heterocycles. The number of aliphatic hydroxyl groups excluding tert-OH is 1. The molecule has 4 unspecified atom stereocenters. The van der Waals surface area contributed by atoms with E-state index in [1.807, 2.05) is 6.26 Å². The second-order valence-electron chi connectivity index (χ2n) is 5.46. The number of nitrogens with one attached hydrogen (secondary N) is 3. The Morgan fingerprint density at radius 2 is 1.54 bits per heavy atom. The zero-order valence-electron chi connectivity index (χ0n) is 14.6. The van der Waals surface area contributed by atoms with Gasteiger partial charge in [0.05, 0.1) is 12.6 Å². The highest BCUT2D eigenvalue weighted by Crippen LogP contribution is 2.02. The second kappa shape index (κ2) is 12.8. The lowest BCUT2D eigenvalue weighted by atomic mass is 10.1. The van der Waals surface area contributed by atoms with Crippen molar-refractivity contribution in [3.8, 4) is 0 Å². The topological polar surface area (TPSA) is 171 Å². The molecule has 3 amide bonds. The summed E-state index contributed by atoms with van der Waals surface area (Å²) in [4.78, 5) is 47.1. The Labute approximate surface area is 161 Å². The fraction of sp³-hybridized carbons (Fsp3) is 0.714. The van der Waals surface area contributed by atoms with Gasteiger partial charge in [0.15, 0.2) is 0 Å². The summed E-state index contributed by atoms with van der Waals surface area (Å²) in [6, 6.07) is -4.39. The van der Waals surface area contributed by atoms with Crippen molar-refractivity contribution in [1.29, 1.82) is 0 Å². The van der Waals surface area contributed by atoms with E-state index in [0.717, 1.165) is 0 Å². The van der Waals surface area contributed by atoms with Crippen LogP contribution in [0.15, 0.2) is 0 Å². The van der Waals surface area contributed by atoms with Crippen molar-refractivity contribution in [2.24, 2.45) is 5.73 Å². The molecule has 0 aromatic heterocycles. The molecule has 0 fully saturated rings. The maximum absolute atomic E-state index is 12.4. The number of carbonyl (C=O) groups excluding carboxylic acids is 3. The molecule has 0 aromatic rings. The van der Waals surface area contributed by atoms with Crippen molar-refractivity contribution in [2.75, 3.05) is 24.4 Å². The van der Waals surface area contributed by atoms with Crippen LogP contribution in [0.5, 0.6) is 0 Å². The monoisotopic (exact) mass is 410 g/mol. The van der Waals surface area contributed by atoms with Crippen LogP contribution >= 0.6 is 24.4 Å². The van der Waals surface area contributed by atoms with E-state index in [0.29, 0.717) is 12.2 Å². The lowest BCUT2D eigenvalue weighted by Gasteiger charge is -2.23. The third kappa shape index (κ3) is 8.74. The van der Waals surface area contributed by atoms with E-state index in [1.54, 1.807) is 0 Å². The highest BCUT2D eigenvalue weighted by Gasteiger charge is 2.29. The van der Waals surface area contributed by atoms with Crippen molar-refractivity contribution >= 4 is 48.1 Å². The van der Waals surface area contributed by atoms with Crippen molar-refractivity contribution in [2.45, 2.75) is 37.5 Å². The molecule has 0 radical (unpaired) electrons. The van der Waals surface area contributed by atoms with E-state index in [9.17, 15) is 24.3 Å². The fourth-order valence-corrected chi connectivity index (χ4v) is 2.45. The molecule has 0 saturated carbocycles. The number of hydrogen-bond acceptors (Lipinski definition) is 8. The minimum Gasteiger partial charge on any atom is -0.480 e. The summed E-state index contributed by atoms with van der Waals surface area (Å²) >= 11 is 5.28. The number of amides is 3. The standard InChI is InChI=1S/C14H26N4O6S2/c1-7(15)11(20)16-8(3-4-26-2)12(21)17-9(5-19)13(22)18-10(6-25)14(23)24/h7-10,19,25H,3-6,15H2,1-2H3,(H,16,20)(H,17,21)(H,18,22)(H,23,24). The number of thiol groups is 1. The Hall–Kier alpha value is -1.50. The van der Waals surface area contributed by atoms with Crippen LogP contribution in [-0.4, -0.2) is 82.4 Å². The van der Waals surface area contributed by atoms with Crippen LogP contribution in [-0.2, 0) is 19.2 Å². The van der Waals surface area contributed by atoms with Gasteiger partial charge in [-0.05, 0) is 25.4 Å². The van der Waals surface area contributed by atoms with Gasteiger partial charge >= 0.3 is 5.97 Å². The lowest BCUT2D eigenvalue weighted by molar-refractivity contribution is -0.141. The van der Waals surface area contributed by atoms with Gasteiger partial charge in [-0.25, -0.2) is 4.79 Å². The summed E-state index contributed by atoms with van der Waals surface area (Å²) in [5.41, 5.74) is 5.47. The predicted molar refractivity (Wildman–Crippen MR) is 101 cm³/mol. The van der Waals surface area contributed by atoms with E-state index >= 15 is 0 Å². The number of thioether (sulfide) groups is 1. The first kappa shape index (κ1) is 24.5. The summed E-state index contributed by atoms with van der Waals surface area (Å²) in [5.74, 6) is -2.97. The first-order chi connectivity index (χ1) is 12.2. The molecular weight excluding hydrogens is 384 g/mol. The number of aliphatic carboxylic acids is 1. The van der Waals surface area contributed by atoms with E-state index in [-0.39, 0.29) is 5.75 Å². The smallest absolute Gasteiger partial charge is 0.327 e. The number of nitrogens with two attached hydrogens (primary N) is 1. The quantitative estimate of drug-likeness (QED) is 0.174. The minimum absolute atomic E-state index is 0.159. The number of carboxylic acid groups (broad SMARTS) is 1. The molecular formula is C14H26N4O6S2. The highest BCUT2D eigenvalue weighted by atomic mass is 32.2. The minimum atomic E-state index is -1.37. The molecule has 0 bridgehead atoms. The average molecular weight is 411 g/mol. The molecule has 0 aliphatic carbocycles. The van der Waals surface area contributed by atoms with Gasteiger partial charge in [-0.1, -0.05) is 0 Å². The van der Waals surface area contributed by atoms with Gasteiger partial charge in [-0.3, -0.25) is 14.4 Å². The number of carboxylic acids is 1. The number of carbonyl (C=O) groups is 4. The largest absolute Gasteiger partial charge is 0.480 e. The summed E-state index contributed by atoms with van der Waals surface area (Å²) in [7, 11) is 0. The molecule has 4 atom stereocenters. The van der Waals surface area contributed by atoms with Crippen LogP contribution in [0.4, 0.5) is 0 Å². The Morgan fingerprint density at radius 3 is 1.96 bits per heavy atom. The Morgan fingerprint density at radius 1 is 1.04 bits per heavy atom. The molecule has 150 valence electrons. The molecule has 0 rings (SSSR count). The molecule has 7 N–H and O–H groups in total. The van der Waals surface area contributed by atoms with Crippen LogP contribution in [0.2, 0.25) is 0 Å². The third-order valence-corrected chi connectivity index (χ3v) is 4.28. The van der Waals surface area contributed by atoms with Crippen molar-refractivity contribution in [3.05, 3.63) is 0 Å². The number of aliphatic hydroxyl groups is 1. The molecule has 12 heteroatoms. The third-order valence-electron chi connectivity index (χ3n) is 3.27. The maximum atomic E-state index is 12.4. The Kier molecular flexibility index (Phi) is 12.1. The fourth-order valence-electron chi connectivity index (χ4n) is 1.73. The Bertz CT molecular complexity index is 506. The maximum Gasteiger partial charge on any atom is 0.327 e. The molecule has 0 aromatic carbocycles. The zero-order chi connectivity index (χ0) is 20.3. The second-order valence-corrected chi connectivity index (χ2v) is 6.81. The molecule has 0 aliphatic heterocycles. The van der Waals surface area contributed by atoms with Crippen LogP contribution in [0.25, 0.3) is 0 Å². The van der Waals surface area contributed by atoms with Crippen molar-refractivity contribution < 1.29 is 29.4 Å². The summed E-state index contributed by atoms with van der Waals surface area (Å²) in [6.07, 6.45) is 2.12. The van der Waals surface area contributed by atoms with Gasteiger partial charge in [0.25, 0.3) is 0 Å². The van der Waals surface area contributed by atoms with E-state index in [1.165, 1.54) is 18.7 Å². The van der Waals surface area contributed by atoms with Crippen molar-refractivity contribution in [3.63, 3.8) is 0 Å². The molecule has 26 heavy (non-hydrogen) atoms. The summed E-state index contributed by atoms with van der Waals surface area (Å²) in [6.45, 7) is 0.722. The summed E-state index contributed by atoms with van der Waals surface area (Å²) in [5, 5.41) is 25.2. The van der Waals surface area contributed by atoms with Gasteiger partial charge in [0.2, 0.25) is 17.7 Å². The van der Waals surface area contributed by atoms with Crippen LogP contribution in [0.1, 0.15) is 13.3 Å². The van der Waals surface area contributed by atoms with Gasteiger partial charge in [0, 0.05) is 5.75 Å². The van der Waals surface area contributed by atoms with Gasteiger partial charge < -0.3 is 31.9 Å². The first-order valence-electron chi connectivity index (χ1n) is 7.78. The lowest BCUT2D eigenvalue weighted by Crippen LogP contribution is -2.58. The molecule has 0 saturated heterocycles. The molecule has 0 spiro atoms. The highest BCUT2D eigenvalue weighted by molar-refractivity contribution is 7.98. The Balaban J connectivity index is 5.00. The first-order valence-corrected chi connectivity index (χ1v) is 9.80. The normalized spacial score (nSPS) is 15.3. The van der Waals surface area contributed by atoms with Crippen LogP contribution in [0.3, 0.4) is 0 Å². The van der Waals surface area contributed by atoms with Gasteiger partial charge in [-0.15, -0.1) is 0 Å². The average Bonchev–Trinajstić information content (AvgIpc) is 2.59. The van der Waals surface area contributed by atoms with E-state index in [4.69, 9.17) is 10.8 Å². The van der Waals surface area contributed by atoms with E-state index < -0.39 is 54.5 Å². The molecule has 0 aliphatic rings. The summed E-state index contributed by atoms with van der Waals surface area (Å²) < 4.78 is 0. The van der Waals surface area contributed by atoms with Crippen molar-refractivity contribution in [1.82, 2.24) is 16.0 Å². The van der Waals surface area contributed by atoms with Crippen LogP contribution < -0.4 is 21.7 Å².